The molecule has 0 aromatic carbocycles. The quantitative estimate of drug-likeness (QED) is 0.473. The van der Waals surface area contributed by atoms with Crippen molar-refractivity contribution in [1.29, 1.82) is 0 Å². The lowest BCUT2D eigenvalue weighted by Crippen LogP contribution is -2.21. The Labute approximate surface area is 150 Å². The van der Waals surface area contributed by atoms with Gasteiger partial charge in [-0.2, -0.15) is 4.98 Å². The van der Waals surface area contributed by atoms with Gasteiger partial charge in [-0.25, -0.2) is 10.1 Å². The zero-order valence-corrected chi connectivity index (χ0v) is 14.6. The fourth-order valence-corrected chi connectivity index (χ4v) is 3.56. The molecule has 4 N–H and O–H groups in total. The molecule has 10 nitrogen and oxygen atoms in total. The molecular formula is C16H24N6O4. The maximum atomic E-state index is 11.6. The van der Waals surface area contributed by atoms with Gasteiger partial charge in [0.05, 0.1) is 0 Å². The molecule has 1 atom stereocenters. The fraction of sp³-hybridized carbons (Fsp3) is 0.688. The predicted octanol–water partition coefficient (Wildman–Crippen LogP) is 2.43. The zero-order valence-electron chi connectivity index (χ0n) is 14.6. The average molecular weight is 364 g/mol. The van der Waals surface area contributed by atoms with Gasteiger partial charge in [0.2, 0.25) is 17.6 Å². The molecule has 2 heterocycles. The summed E-state index contributed by atoms with van der Waals surface area (Å²) in [6, 6.07) is 0. The van der Waals surface area contributed by atoms with Crippen molar-refractivity contribution in [3.05, 3.63) is 5.89 Å². The van der Waals surface area contributed by atoms with Crippen LogP contribution < -0.4 is 11.2 Å². The first-order valence-corrected chi connectivity index (χ1v) is 9.02. The Morgan fingerprint density at radius 1 is 1.27 bits per heavy atom. The number of hydrogen-bond donors (Lipinski definition) is 3. The van der Waals surface area contributed by atoms with E-state index in [-0.39, 0.29) is 29.7 Å². The Bertz CT molecular complexity index is 709. The van der Waals surface area contributed by atoms with Crippen molar-refractivity contribution in [3.63, 3.8) is 0 Å². The van der Waals surface area contributed by atoms with Gasteiger partial charge in [0.25, 0.3) is 0 Å². The van der Waals surface area contributed by atoms with E-state index in [0.717, 1.165) is 25.2 Å². The van der Waals surface area contributed by atoms with Gasteiger partial charge in [0, 0.05) is 12.3 Å². The predicted molar refractivity (Wildman–Crippen MR) is 89.7 cm³/mol. The Kier molecular flexibility index (Phi) is 6.16. The maximum absolute atomic E-state index is 11.6. The van der Waals surface area contributed by atoms with Crippen LogP contribution in [0.25, 0.3) is 11.5 Å². The molecule has 0 unspecified atom stereocenters. The second-order valence-corrected chi connectivity index (χ2v) is 6.83. The minimum Gasteiger partial charge on any atom is -0.379 e. The number of nitrogens with two attached hydrogens (primary N) is 1. The van der Waals surface area contributed by atoms with E-state index < -0.39 is 5.91 Å². The van der Waals surface area contributed by atoms with E-state index >= 15 is 0 Å². The van der Waals surface area contributed by atoms with E-state index in [2.05, 4.69) is 25.1 Å². The molecule has 26 heavy (non-hydrogen) atoms. The van der Waals surface area contributed by atoms with E-state index in [1.54, 1.807) is 5.48 Å². The lowest BCUT2D eigenvalue weighted by molar-refractivity contribution is -0.129. The lowest BCUT2D eigenvalue weighted by atomic mass is 9.84. The summed E-state index contributed by atoms with van der Waals surface area (Å²) in [5.74, 6) is 0.535. The molecule has 3 rings (SSSR count). The van der Waals surface area contributed by atoms with Crippen molar-refractivity contribution < 1.29 is 19.2 Å². The molecule has 1 saturated carbocycles. The molecule has 1 amide bonds. The van der Waals surface area contributed by atoms with Crippen LogP contribution in [0.1, 0.15) is 69.6 Å². The first-order valence-electron chi connectivity index (χ1n) is 9.02. The van der Waals surface area contributed by atoms with Crippen molar-refractivity contribution in [2.45, 2.75) is 63.7 Å². The normalized spacial score (nSPS) is 16.5. The Morgan fingerprint density at radius 2 is 2.08 bits per heavy atom. The lowest BCUT2D eigenvalue weighted by Gasteiger charge is -2.22. The van der Waals surface area contributed by atoms with Crippen LogP contribution in [0.2, 0.25) is 0 Å². The number of hydrogen-bond acceptors (Lipinski definition) is 9. The van der Waals surface area contributed by atoms with Crippen molar-refractivity contribution in [3.8, 4) is 11.5 Å². The summed E-state index contributed by atoms with van der Waals surface area (Å²) >= 11 is 0. The Morgan fingerprint density at radius 3 is 2.77 bits per heavy atom. The maximum Gasteiger partial charge on any atom is 0.244 e. The number of amides is 1. The minimum absolute atomic E-state index is 0.0648. The van der Waals surface area contributed by atoms with Gasteiger partial charge >= 0.3 is 0 Å². The number of carbonyl (C=O) groups excluding carboxylic acids is 1. The molecule has 0 spiro atoms. The monoisotopic (exact) mass is 364 g/mol. The van der Waals surface area contributed by atoms with Crippen LogP contribution in [0, 0.1) is 5.92 Å². The highest BCUT2D eigenvalue weighted by atomic mass is 16.6. The van der Waals surface area contributed by atoms with E-state index in [0.29, 0.717) is 5.89 Å². The fourth-order valence-electron chi connectivity index (χ4n) is 3.56. The third kappa shape index (κ3) is 4.57. The van der Waals surface area contributed by atoms with Crippen LogP contribution in [-0.4, -0.2) is 31.6 Å². The highest BCUT2D eigenvalue weighted by Crippen LogP contribution is 2.31. The smallest absolute Gasteiger partial charge is 0.244 e. The molecule has 0 bridgehead atoms. The van der Waals surface area contributed by atoms with Crippen molar-refractivity contribution in [2.24, 2.45) is 5.92 Å². The van der Waals surface area contributed by atoms with Crippen LogP contribution in [0.15, 0.2) is 9.15 Å². The van der Waals surface area contributed by atoms with Crippen LogP contribution in [0.4, 0.5) is 5.82 Å². The number of nitrogens with one attached hydrogen (secondary N) is 1. The number of rotatable bonds is 8. The summed E-state index contributed by atoms with van der Waals surface area (Å²) in [5.41, 5.74) is 7.50. The van der Waals surface area contributed by atoms with E-state index in [9.17, 15) is 4.79 Å². The Hall–Kier alpha value is -2.49. The third-order valence-corrected chi connectivity index (χ3v) is 4.96. The van der Waals surface area contributed by atoms with Gasteiger partial charge in [0.1, 0.15) is 0 Å². The molecule has 10 heteroatoms. The first-order chi connectivity index (χ1) is 12.7. The van der Waals surface area contributed by atoms with Gasteiger partial charge in [-0.1, -0.05) is 50.1 Å². The van der Waals surface area contributed by atoms with Gasteiger partial charge in [-0.15, -0.1) is 0 Å². The van der Waals surface area contributed by atoms with Gasteiger partial charge in [-0.3, -0.25) is 10.0 Å². The van der Waals surface area contributed by atoms with E-state index in [4.69, 9.17) is 15.5 Å². The summed E-state index contributed by atoms with van der Waals surface area (Å²) in [6.45, 7) is 0. The average Bonchev–Trinajstić information content (AvgIpc) is 3.30. The summed E-state index contributed by atoms with van der Waals surface area (Å²) in [4.78, 5) is 15.9. The van der Waals surface area contributed by atoms with Gasteiger partial charge in [-0.05, 0) is 22.7 Å². The van der Waals surface area contributed by atoms with Crippen LogP contribution >= 0.6 is 0 Å². The second-order valence-electron chi connectivity index (χ2n) is 6.83. The highest BCUT2D eigenvalue weighted by molar-refractivity contribution is 5.75. The second kappa shape index (κ2) is 8.75. The molecule has 1 aliphatic rings. The molecule has 142 valence electrons. The molecule has 1 fully saturated rings. The van der Waals surface area contributed by atoms with E-state index in [1.807, 2.05) is 0 Å². The summed E-state index contributed by atoms with van der Waals surface area (Å²) in [6.07, 6.45) is 9.38. The summed E-state index contributed by atoms with van der Waals surface area (Å²) in [5, 5.41) is 19.8. The van der Waals surface area contributed by atoms with Crippen LogP contribution in [0.3, 0.4) is 0 Å². The zero-order chi connectivity index (χ0) is 18.4. The molecular weight excluding hydrogens is 340 g/mol. The number of carbonyl (C=O) groups is 1. The van der Waals surface area contributed by atoms with Crippen molar-refractivity contribution in [2.75, 3.05) is 5.73 Å². The largest absolute Gasteiger partial charge is 0.379 e. The topological polar surface area (TPSA) is 153 Å². The number of nitrogen functional groups attached to an aromatic ring is 1. The van der Waals surface area contributed by atoms with Crippen LogP contribution in [-0.2, 0) is 4.79 Å². The van der Waals surface area contributed by atoms with Gasteiger partial charge in [0.15, 0.2) is 11.5 Å². The minimum atomic E-state index is -0.491. The molecule has 0 saturated heterocycles. The number of anilines is 1. The first kappa shape index (κ1) is 18.3. The number of nitrogens with zero attached hydrogens (tertiary/aromatic N) is 4. The summed E-state index contributed by atoms with van der Waals surface area (Å²) in [7, 11) is 0. The van der Waals surface area contributed by atoms with E-state index in [1.165, 1.54) is 32.1 Å². The Balaban J connectivity index is 1.64. The standard InChI is InChI=1S/C16H24N6O4/c17-14-13(20-26-21-14)15-18-16(25-22-15)11(9-12(23)19-24)8-4-7-10-5-2-1-3-6-10/h10-11,24H,1-9H2,(H2,17,21)(H,19,23)/t11-/m1/s1. The molecule has 1 aliphatic carbocycles. The SMILES string of the molecule is Nc1nonc1-c1noc([C@H](CCCC2CCCCC2)CC(=O)NO)n1. The van der Waals surface area contributed by atoms with Crippen molar-refractivity contribution in [1.82, 2.24) is 25.9 Å². The van der Waals surface area contributed by atoms with Crippen molar-refractivity contribution >= 4 is 11.7 Å². The summed E-state index contributed by atoms with van der Waals surface area (Å²) < 4.78 is 9.85. The molecule has 0 radical (unpaired) electrons. The third-order valence-electron chi connectivity index (χ3n) is 4.96. The highest BCUT2D eigenvalue weighted by Gasteiger charge is 2.25. The van der Waals surface area contributed by atoms with Crippen LogP contribution in [0.5, 0.6) is 0 Å². The molecule has 2 aromatic rings. The number of hydroxylamine groups is 1. The molecule has 2 aromatic heterocycles. The molecule has 0 aliphatic heterocycles. The van der Waals surface area contributed by atoms with Gasteiger partial charge < -0.3 is 10.3 Å². The number of aromatic nitrogens is 4.